The van der Waals surface area contributed by atoms with Gasteiger partial charge < -0.3 is 10.0 Å². The fourth-order valence-corrected chi connectivity index (χ4v) is 3.61. The Morgan fingerprint density at radius 1 is 1.21 bits per heavy atom. The molecule has 1 saturated heterocycles. The zero-order valence-corrected chi connectivity index (χ0v) is 12.1. The van der Waals surface area contributed by atoms with E-state index in [9.17, 15) is 13.5 Å². The Hall–Kier alpha value is -1.07. The van der Waals surface area contributed by atoms with Crippen LogP contribution in [0.2, 0.25) is 0 Å². The third-order valence-corrected chi connectivity index (χ3v) is 5.30. The van der Waals surface area contributed by atoms with Gasteiger partial charge in [-0.3, -0.25) is 0 Å². The van der Waals surface area contributed by atoms with E-state index in [4.69, 9.17) is 0 Å². The van der Waals surface area contributed by atoms with Crippen molar-refractivity contribution < 1.29 is 13.5 Å². The van der Waals surface area contributed by atoms with Crippen LogP contribution in [-0.2, 0) is 9.84 Å². The van der Waals surface area contributed by atoms with Crippen LogP contribution in [0.5, 0.6) is 0 Å². The smallest absolute Gasteiger partial charge is 0.152 e. The number of anilines is 1. The van der Waals surface area contributed by atoms with Gasteiger partial charge in [-0.2, -0.15) is 0 Å². The van der Waals surface area contributed by atoms with E-state index in [0.717, 1.165) is 17.8 Å². The van der Waals surface area contributed by atoms with E-state index in [2.05, 4.69) is 4.90 Å². The molecule has 1 atom stereocenters. The zero-order valence-electron chi connectivity index (χ0n) is 11.2. The molecule has 1 fully saturated rings. The minimum atomic E-state index is -2.87. The fourth-order valence-electron chi connectivity index (χ4n) is 2.34. The van der Waals surface area contributed by atoms with Crippen LogP contribution >= 0.6 is 0 Å². The molecule has 106 valence electrons. The molecule has 5 heteroatoms. The summed E-state index contributed by atoms with van der Waals surface area (Å²) in [7, 11) is -2.87. The maximum atomic E-state index is 11.6. The lowest BCUT2D eigenvalue weighted by atomic mass is 10.1. The molecule has 2 rings (SSSR count). The van der Waals surface area contributed by atoms with Gasteiger partial charge in [0.05, 0.1) is 17.6 Å². The monoisotopic (exact) mass is 283 g/mol. The Morgan fingerprint density at radius 2 is 1.89 bits per heavy atom. The lowest BCUT2D eigenvalue weighted by molar-refractivity contribution is 0.173. The largest absolute Gasteiger partial charge is 0.388 e. The van der Waals surface area contributed by atoms with Crippen LogP contribution in [0.15, 0.2) is 24.3 Å². The molecule has 1 aromatic rings. The highest BCUT2D eigenvalue weighted by molar-refractivity contribution is 7.91. The second-order valence-corrected chi connectivity index (χ2v) is 7.31. The first-order chi connectivity index (χ1) is 9.02. The molecule has 1 unspecified atom stereocenters. The number of hydrogen-bond donors (Lipinski definition) is 1. The molecule has 0 bridgehead atoms. The predicted octanol–water partition coefficient (Wildman–Crippen LogP) is 1.75. The Balaban J connectivity index is 2.10. The summed E-state index contributed by atoms with van der Waals surface area (Å²) >= 11 is 0. The zero-order chi connectivity index (χ0) is 13.9. The average molecular weight is 283 g/mol. The van der Waals surface area contributed by atoms with Crippen LogP contribution in [0, 0.1) is 0 Å². The second kappa shape index (κ2) is 5.92. The number of aliphatic hydroxyl groups is 1. The lowest BCUT2D eigenvalue weighted by Gasteiger charge is -2.22. The highest BCUT2D eigenvalue weighted by Gasteiger charge is 2.19. The molecule has 19 heavy (non-hydrogen) atoms. The van der Waals surface area contributed by atoms with Crippen molar-refractivity contribution in [3.63, 3.8) is 0 Å². The molecule has 0 spiro atoms. The van der Waals surface area contributed by atoms with Gasteiger partial charge in [0.15, 0.2) is 9.84 Å². The summed E-state index contributed by atoms with van der Waals surface area (Å²) in [4.78, 5) is 2.10. The third-order valence-electron chi connectivity index (χ3n) is 3.59. The van der Waals surface area contributed by atoms with Crippen molar-refractivity contribution in [1.82, 2.24) is 0 Å². The molecule has 0 aromatic heterocycles. The first kappa shape index (κ1) is 14.3. The van der Waals surface area contributed by atoms with Crippen molar-refractivity contribution in [2.45, 2.75) is 25.9 Å². The Bertz CT molecular complexity index is 510. The summed E-state index contributed by atoms with van der Waals surface area (Å²) in [5, 5.41) is 9.75. The Labute approximate surface area is 115 Å². The molecule has 0 aliphatic carbocycles. The van der Waals surface area contributed by atoms with Crippen LogP contribution in [0.1, 0.15) is 31.4 Å². The summed E-state index contributed by atoms with van der Waals surface area (Å²) in [6, 6.07) is 7.77. The van der Waals surface area contributed by atoms with Crippen molar-refractivity contribution in [2.75, 3.05) is 29.5 Å². The third kappa shape index (κ3) is 3.70. The molecule has 4 nitrogen and oxygen atoms in total. The van der Waals surface area contributed by atoms with E-state index < -0.39 is 15.9 Å². The first-order valence-electron chi connectivity index (χ1n) is 6.75. The topological polar surface area (TPSA) is 57.6 Å². The quantitative estimate of drug-likeness (QED) is 0.918. The summed E-state index contributed by atoms with van der Waals surface area (Å²) in [5.74, 6) is 0.516. The normalized spacial score (nSPS) is 20.8. The van der Waals surface area contributed by atoms with Crippen molar-refractivity contribution in [2.24, 2.45) is 0 Å². The van der Waals surface area contributed by atoms with Crippen LogP contribution in [0.25, 0.3) is 0 Å². The van der Waals surface area contributed by atoms with Crippen molar-refractivity contribution in [3.8, 4) is 0 Å². The van der Waals surface area contributed by atoms with E-state index in [1.807, 2.05) is 31.2 Å². The SMILES string of the molecule is CCC(O)c1ccc(N2CCCS(=O)(=O)CC2)cc1. The first-order valence-corrected chi connectivity index (χ1v) is 8.57. The minimum Gasteiger partial charge on any atom is -0.388 e. The fraction of sp³-hybridized carbons (Fsp3) is 0.571. The predicted molar refractivity (Wildman–Crippen MR) is 77.2 cm³/mol. The number of sulfone groups is 1. The maximum absolute atomic E-state index is 11.6. The molecule has 0 saturated carbocycles. The molecule has 1 aliphatic rings. The average Bonchev–Trinajstić information content (AvgIpc) is 2.59. The van der Waals surface area contributed by atoms with Crippen LogP contribution in [0.4, 0.5) is 5.69 Å². The molecular weight excluding hydrogens is 262 g/mol. The van der Waals surface area contributed by atoms with Gasteiger partial charge in [0.1, 0.15) is 0 Å². The van der Waals surface area contributed by atoms with Crippen LogP contribution < -0.4 is 4.90 Å². The van der Waals surface area contributed by atoms with E-state index in [0.29, 0.717) is 19.4 Å². The number of rotatable bonds is 3. The Kier molecular flexibility index (Phi) is 4.47. The number of aliphatic hydroxyl groups excluding tert-OH is 1. The van der Waals surface area contributed by atoms with Crippen LogP contribution in [0.3, 0.4) is 0 Å². The molecule has 1 aromatic carbocycles. The van der Waals surface area contributed by atoms with E-state index >= 15 is 0 Å². The van der Waals surface area contributed by atoms with E-state index in [1.165, 1.54) is 0 Å². The van der Waals surface area contributed by atoms with Crippen LogP contribution in [-0.4, -0.2) is 38.1 Å². The minimum absolute atomic E-state index is 0.229. The van der Waals surface area contributed by atoms with E-state index in [1.54, 1.807) is 0 Å². The second-order valence-electron chi connectivity index (χ2n) is 5.01. The molecule has 0 amide bonds. The van der Waals surface area contributed by atoms with Crippen molar-refractivity contribution >= 4 is 15.5 Å². The lowest BCUT2D eigenvalue weighted by Crippen LogP contribution is -2.26. The van der Waals surface area contributed by atoms with Gasteiger partial charge >= 0.3 is 0 Å². The summed E-state index contributed by atoms with van der Waals surface area (Å²) in [6.45, 7) is 3.27. The van der Waals surface area contributed by atoms with Gasteiger partial charge in [-0.25, -0.2) is 8.42 Å². The molecule has 0 radical (unpaired) electrons. The molecule has 1 N–H and O–H groups in total. The van der Waals surface area contributed by atoms with Gasteiger partial charge in [-0.15, -0.1) is 0 Å². The van der Waals surface area contributed by atoms with Crippen molar-refractivity contribution in [1.29, 1.82) is 0 Å². The van der Waals surface area contributed by atoms with E-state index in [-0.39, 0.29) is 11.5 Å². The summed E-state index contributed by atoms with van der Waals surface area (Å²) in [5.41, 5.74) is 1.94. The van der Waals surface area contributed by atoms with Gasteiger partial charge in [0, 0.05) is 18.8 Å². The number of nitrogens with zero attached hydrogens (tertiary/aromatic N) is 1. The molecular formula is C14H21NO3S. The molecule has 1 heterocycles. The standard InChI is InChI=1S/C14H21NO3S/c1-2-14(16)12-4-6-13(7-5-12)15-8-3-10-19(17,18)11-9-15/h4-7,14,16H,2-3,8-11H2,1H3. The maximum Gasteiger partial charge on any atom is 0.152 e. The van der Waals surface area contributed by atoms with Gasteiger partial charge in [0.2, 0.25) is 0 Å². The highest BCUT2D eigenvalue weighted by atomic mass is 32.2. The number of benzene rings is 1. The van der Waals surface area contributed by atoms with Gasteiger partial charge in [-0.05, 0) is 30.5 Å². The summed E-state index contributed by atoms with van der Waals surface area (Å²) < 4.78 is 23.1. The summed E-state index contributed by atoms with van der Waals surface area (Å²) in [6.07, 6.45) is 0.960. The molecule has 1 aliphatic heterocycles. The van der Waals surface area contributed by atoms with Gasteiger partial charge in [-0.1, -0.05) is 19.1 Å². The Morgan fingerprint density at radius 3 is 2.53 bits per heavy atom. The highest BCUT2D eigenvalue weighted by Crippen LogP contribution is 2.22. The van der Waals surface area contributed by atoms with Gasteiger partial charge in [0.25, 0.3) is 0 Å². The van der Waals surface area contributed by atoms with Crippen molar-refractivity contribution in [3.05, 3.63) is 29.8 Å². The number of hydrogen-bond acceptors (Lipinski definition) is 4.